The molecule has 0 aromatic heterocycles. The highest BCUT2D eigenvalue weighted by atomic mass is 16.6. The minimum Gasteiger partial charge on any atom is -0.460 e. The Kier molecular flexibility index (Phi) is 4.98. The molecule has 0 aromatic carbocycles. The molecule has 0 aromatic rings. The van der Waals surface area contributed by atoms with Crippen LogP contribution in [0.4, 0.5) is 0 Å². The molecule has 0 amide bonds. The van der Waals surface area contributed by atoms with Crippen molar-refractivity contribution >= 4 is 11.9 Å². The van der Waals surface area contributed by atoms with Crippen LogP contribution < -0.4 is 0 Å². The summed E-state index contributed by atoms with van der Waals surface area (Å²) in [6.07, 6.45) is 1.20. The summed E-state index contributed by atoms with van der Waals surface area (Å²) in [7, 11) is 0. The van der Waals surface area contributed by atoms with Gasteiger partial charge in [0.05, 0.1) is 19.8 Å². The lowest BCUT2D eigenvalue weighted by atomic mass is 10.1. The first-order chi connectivity index (χ1) is 7.65. The SMILES string of the molecule is CCOC(=O)C(OC(C)=O)=C1CCOCC1. The number of rotatable bonds is 3. The second-order valence-electron chi connectivity index (χ2n) is 3.36. The molecule has 0 aliphatic carbocycles. The third-order valence-electron chi connectivity index (χ3n) is 2.12. The van der Waals surface area contributed by atoms with E-state index >= 15 is 0 Å². The first kappa shape index (κ1) is 12.7. The van der Waals surface area contributed by atoms with Gasteiger partial charge in [-0.1, -0.05) is 0 Å². The van der Waals surface area contributed by atoms with Crippen molar-refractivity contribution in [3.8, 4) is 0 Å². The van der Waals surface area contributed by atoms with Crippen molar-refractivity contribution in [3.05, 3.63) is 11.3 Å². The average molecular weight is 228 g/mol. The normalized spacial score (nSPS) is 15.5. The summed E-state index contributed by atoms with van der Waals surface area (Å²) in [4.78, 5) is 22.5. The van der Waals surface area contributed by atoms with Gasteiger partial charge >= 0.3 is 11.9 Å². The second-order valence-corrected chi connectivity index (χ2v) is 3.36. The smallest absolute Gasteiger partial charge is 0.374 e. The molecule has 5 heteroatoms. The predicted octanol–water partition coefficient (Wildman–Crippen LogP) is 1.18. The molecule has 1 aliphatic heterocycles. The van der Waals surface area contributed by atoms with E-state index in [0.717, 1.165) is 5.57 Å². The van der Waals surface area contributed by atoms with Gasteiger partial charge in [-0.3, -0.25) is 4.79 Å². The van der Waals surface area contributed by atoms with E-state index in [1.165, 1.54) is 6.92 Å². The molecule has 0 atom stereocenters. The zero-order chi connectivity index (χ0) is 12.0. The molecule has 1 heterocycles. The topological polar surface area (TPSA) is 61.8 Å². The van der Waals surface area contributed by atoms with Gasteiger partial charge < -0.3 is 14.2 Å². The molecule has 16 heavy (non-hydrogen) atoms. The number of carbonyl (C=O) groups excluding carboxylic acids is 2. The van der Waals surface area contributed by atoms with Crippen molar-refractivity contribution in [2.45, 2.75) is 26.7 Å². The fraction of sp³-hybridized carbons (Fsp3) is 0.636. The monoisotopic (exact) mass is 228 g/mol. The molecular formula is C11H16O5. The summed E-state index contributed by atoms with van der Waals surface area (Å²) in [5, 5.41) is 0. The number of hydrogen-bond acceptors (Lipinski definition) is 5. The standard InChI is InChI=1S/C11H16O5/c1-3-15-11(13)10(16-8(2)12)9-4-6-14-7-5-9/h3-7H2,1-2H3. The van der Waals surface area contributed by atoms with E-state index in [9.17, 15) is 9.59 Å². The molecule has 1 fully saturated rings. The highest BCUT2D eigenvalue weighted by Gasteiger charge is 2.22. The quantitative estimate of drug-likeness (QED) is 0.412. The molecule has 0 N–H and O–H groups in total. The second kappa shape index (κ2) is 6.27. The Morgan fingerprint density at radius 1 is 1.31 bits per heavy atom. The van der Waals surface area contributed by atoms with Crippen LogP contribution in [0.15, 0.2) is 11.3 Å². The third-order valence-corrected chi connectivity index (χ3v) is 2.12. The van der Waals surface area contributed by atoms with E-state index < -0.39 is 11.9 Å². The first-order valence-electron chi connectivity index (χ1n) is 5.30. The van der Waals surface area contributed by atoms with Crippen molar-refractivity contribution in [1.82, 2.24) is 0 Å². The maximum absolute atomic E-state index is 11.6. The number of hydrogen-bond donors (Lipinski definition) is 0. The van der Waals surface area contributed by atoms with Crippen molar-refractivity contribution < 1.29 is 23.8 Å². The Balaban J connectivity index is 2.83. The van der Waals surface area contributed by atoms with Gasteiger partial charge in [-0.2, -0.15) is 0 Å². The van der Waals surface area contributed by atoms with Crippen LogP contribution in [0, 0.1) is 0 Å². The molecule has 90 valence electrons. The Morgan fingerprint density at radius 2 is 1.94 bits per heavy atom. The molecule has 5 nitrogen and oxygen atoms in total. The van der Waals surface area contributed by atoms with E-state index in [-0.39, 0.29) is 12.4 Å². The van der Waals surface area contributed by atoms with Crippen LogP contribution in [0.1, 0.15) is 26.7 Å². The van der Waals surface area contributed by atoms with Gasteiger partial charge in [0.2, 0.25) is 5.76 Å². The lowest BCUT2D eigenvalue weighted by molar-refractivity contribution is -0.150. The van der Waals surface area contributed by atoms with Gasteiger partial charge in [-0.05, 0) is 25.3 Å². The largest absolute Gasteiger partial charge is 0.460 e. The van der Waals surface area contributed by atoms with Crippen LogP contribution in [-0.4, -0.2) is 31.8 Å². The summed E-state index contributed by atoms with van der Waals surface area (Å²) in [5.74, 6) is -1.05. The van der Waals surface area contributed by atoms with Gasteiger partial charge in [-0.25, -0.2) is 4.79 Å². The van der Waals surface area contributed by atoms with Crippen LogP contribution in [0.5, 0.6) is 0 Å². The molecule has 0 bridgehead atoms. The first-order valence-corrected chi connectivity index (χ1v) is 5.30. The maximum atomic E-state index is 11.6. The van der Waals surface area contributed by atoms with E-state index in [0.29, 0.717) is 26.1 Å². The molecule has 0 spiro atoms. The Bertz CT molecular complexity index is 297. The Labute approximate surface area is 94.4 Å². The molecule has 0 radical (unpaired) electrons. The fourth-order valence-corrected chi connectivity index (χ4v) is 1.44. The van der Waals surface area contributed by atoms with Crippen LogP contribution >= 0.6 is 0 Å². The fourth-order valence-electron chi connectivity index (χ4n) is 1.44. The van der Waals surface area contributed by atoms with Gasteiger partial charge in [-0.15, -0.1) is 0 Å². The van der Waals surface area contributed by atoms with Crippen molar-refractivity contribution in [3.63, 3.8) is 0 Å². The van der Waals surface area contributed by atoms with E-state index in [4.69, 9.17) is 14.2 Å². The van der Waals surface area contributed by atoms with E-state index in [1.54, 1.807) is 6.92 Å². The summed E-state index contributed by atoms with van der Waals surface area (Å²) >= 11 is 0. The minimum absolute atomic E-state index is 0.0395. The number of ether oxygens (including phenoxy) is 3. The molecule has 0 unspecified atom stereocenters. The average Bonchev–Trinajstić information content (AvgIpc) is 2.27. The molecular weight excluding hydrogens is 212 g/mol. The lowest BCUT2D eigenvalue weighted by Gasteiger charge is -2.17. The van der Waals surface area contributed by atoms with Crippen molar-refractivity contribution in [2.24, 2.45) is 0 Å². The summed E-state index contributed by atoms with van der Waals surface area (Å²) in [6.45, 7) is 4.31. The lowest BCUT2D eigenvalue weighted by Crippen LogP contribution is -2.19. The van der Waals surface area contributed by atoms with Crippen LogP contribution in [0.25, 0.3) is 0 Å². The van der Waals surface area contributed by atoms with Crippen LogP contribution in [0.3, 0.4) is 0 Å². The van der Waals surface area contributed by atoms with Gasteiger partial charge in [0.25, 0.3) is 0 Å². The highest BCUT2D eigenvalue weighted by Crippen LogP contribution is 2.20. The van der Waals surface area contributed by atoms with E-state index in [2.05, 4.69) is 0 Å². The van der Waals surface area contributed by atoms with Crippen LogP contribution in [-0.2, 0) is 23.8 Å². The van der Waals surface area contributed by atoms with Gasteiger partial charge in [0.15, 0.2) is 0 Å². The molecule has 0 saturated carbocycles. The van der Waals surface area contributed by atoms with E-state index in [1.807, 2.05) is 0 Å². The summed E-state index contributed by atoms with van der Waals surface area (Å²) in [5.41, 5.74) is 0.792. The van der Waals surface area contributed by atoms with Gasteiger partial charge in [0, 0.05) is 6.92 Å². The number of carbonyl (C=O) groups is 2. The maximum Gasteiger partial charge on any atom is 0.374 e. The van der Waals surface area contributed by atoms with Crippen molar-refractivity contribution in [1.29, 1.82) is 0 Å². The Morgan fingerprint density at radius 3 is 2.44 bits per heavy atom. The third kappa shape index (κ3) is 3.66. The number of esters is 2. The Hall–Kier alpha value is -1.36. The molecule has 1 saturated heterocycles. The highest BCUT2D eigenvalue weighted by molar-refractivity contribution is 5.90. The molecule has 1 rings (SSSR count). The minimum atomic E-state index is -0.574. The zero-order valence-corrected chi connectivity index (χ0v) is 9.58. The summed E-state index contributed by atoms with van der Waals surface area (Å²) in [6, 6.07) is 0. The zero-order valence-electron chi connectivity index (χ0n) is 9.58. The summed E-state index contributed by atoms with van der Waals surface area (Å²) < 4.78 is 14.9. The van der Waals surface area contributed by atoms with Gasteiger partial charge in [0.1, 0.15) is 0 Å². The molecule has 1 aliphatic rings. The van der Waals surface area contributed by atoms with Crippen molar-refractivity contribution in [2.75, 3.05) is 19.8 Å². The predicted molar refractivity (Wildman–Crippen MR) is 55.5 cm³/mol. The van der Waals surface area contributed by atoms with Crippen LogP contribution in [0.2, 0.25) is 0 Å².